The van der Waals surface area contributed by atoms with Crippen LogP contribution in [0.1, 0.15) is 31.1 Å². The number of piperazine rings is 1. The Balaban J connectivity index is 2.17. The van der Waals surface area contributed by atoms with Crippen LogP contribution in [0.2, 0.25) is 0 Å². The van der Waals surface area contributed by atoms with Crippen molar-refractivity contribution in [3.05, 3.63) is 39.9 Å². The molecule has 6 heteroatoms. The second-order valence-electron chi connectivity index (χ2n) is 5.57. The Labute approximate surface area is 124 Å². The van der Waals surface area contributed by atoms with Gasteiger partial charge in [0.1, 0.15) is 0 Å². The summed E-state index contributed by atoms with van der Waals surface area (Å²) in [4.78, 5) is 27.0. The summed E-state index contributed by atoms with van der Waals surface area (Å²) in [7, 11) is 0. The lowest BCUT2D eigenvalue weighted by atomic mass is 10.1. The van der Waals surface area contributed by atoms with Gasteiger partial charge in [0.25, 0.3) is 11.6 Å². The Kier molecular flexibility index (Phi) is 4.57. The molecule has 2 rings (SSSR count). The average molecular weight is 291 g/mol. The predicted molar refractivity (Wildman–Crippen MR) is 80.3 cm³/mol. The topological polar surface area (TPSA) is 66.7 Å². The van der Waals surface area contributed by atoms with E-state index in [4.69, 9.17) is 0 Å². The van der Waals surface area contributed by atoms with E-state index in [9.17, 15) is 14.9 Å². The molecule has 1 amide bonds. The number of nitrogens with zero attached hydrogens (tertiary/aromatic N) is 3. The minimum absolute atomic E-state index is 0.00319. The summed E-state index contributed by atoms with van der Waals surface area (Å²) in [5.74, 6) is -0.0550. The first-order valence-electron chi connectivity index (χ1n) is 7.23. The number of benzene rings is 1. The Morgan fingerprint density at radius 2 is 1.76 bits per heavy atom. The molecule has 0 aromatic heterocycles. The summed E-state index contributed by atoms with van der Waals surface area (Å²) in [5.41, 5.74) is 0.507. The van der Waals surface area contributed by atoms with Crippen molar-refractivity contribution in [3.63, 3.8) is 0 Å². The van der Waals surface area contributed by atoms with Crippen LogP contribution in [0.3, 0.4) is 0 Å². The molecular formula is C15H21N3O3. The summed E-state index contributed by atoms with van der Waals surface area (Å²) < 4.78 is 0. The van der Waals surface area contributed by atoms with Crippen LogP contribution in [-0.4, -0.2) is 52.3 Å². The van der Waals surface area contributed by atoms with Crippen molar-refractivity contribution < 1.29 is 9.72 Å². The molecule has 0 aliphatic carbocycles. The Hall–Kier alpha value is -1.95. The lowest BCUT2D eigenvalue weighted by molar-refractivity contribution is -0.384. The number of amides is 1. The number of rotatable bonds is 3. The van der Waals surface area contributed by atoms with Gasteiger partial charge in [-0.05, 0) is 32.5 Å². The van der Waals surface area contributed by atoms with E-state index in [1.807, 2.05) is 18.7 Å². The fraction of sp³-hybridized carbons (Fsp3) is 0.533. The van der Waals surface area contributed by atoms with Crippen LogP contribution in [0.25, 0.3) is 0 Å². The van der Waals surface area contributed by atoms with E-state index < -0.39 is 4.92 Å². The minimum atomic E-state index is -0.459. The Morgan fingerprint density at radius 1 is 1.24 bits per heavy atom. The number of likely N-dealkylation sites (N-methyl/N-ethyl adjacent to an activating group) is 1. The molecule has 1 heterocycles. The van der Waals surface area contributed by atoms with Crippen LogP contribution >= 0.6 is 0 Å². The molecule has 21 heavy (non-hydrogen) atoms. The first kappa shape index (κ1) is 15.4. The predicted octanol–water partition coefficient (Wildman–Crippen LogP) is 2.15. The zero-order valence-electron chi connectivity index (χ0n) is 12.7. The molecule has 0 bridgehead atoms. The standard InChI is InChI=1S/C15H21N3O3/c1-4-16-9-11(2)17(12(3)10-16)15(19)13-5-7-14(8-6-13)18(20)21/h5-8,11-12H,4,9-10H2,1-3H3. The van der Waals surface area contributed by atoms with E-state index in [1.165, 1.54) is 24.3 Å². The van der Waals surface area contributed by atoms with E-state index in [1.54, 1.807) is 0 Å². The smallest absolute Gasteiger partial charge is 0.269 e. The number of non-ortho nitro benzene ring substituents is 1. The van der Waals surface area contributed by atoms with Crippen LogP contribution in [0.4, 0.5) is 5.69 Å². The van der Waals surface area contributed by atoms with Gasteiger partial charge in [0.2, 0.25) is 0 Å². The molecule has 1 aliphatic heterocycles. The second-order valence-corrected chi connectivity index (χ2v) is 5.57. The molecule has 2 unspecified atom stereocenters. The van der Waals surface area contributed by atoms with Gasteiger partial charge in [-0.25, -0.2) is 0 Å². The molecule has 0 spiro atoms. The molecule has 2 atom stereocenters. The number of hydrogen-bond donors (Lipinski definition) is 0. The van der Waals surface area contributed by atoms with Gasteiger partial charge in [0, 0.05) is 42.9 Å². The molecule has 1 fully saturated rings. The van der Waals surface area contributed by atoms with Gasteiger partial charge in [-0.2, -0.15) is 0 Å². The normalized spacial score (nSPS) is 23.1. The highest BCUT2D eigenvalue weighted by atomic mass is 16.6. The quantitative estimate of drug-likeness (QED) is 0.632. The minimum Gasteiger partial charge on any atom is -0.331 e. The molecule has 0 saturated carbocycles. The maximum absolute atomic E-state index is 12.6. The summed E-state index contributed by atoms with van der Waals surface area (Å²) >= 11 is 0. The summed E-state index contributed by atoms with van der Waals surface area (Å²) in [5, 5.41) is 10.7. The number of nitro groups is 1. The lowest BCUT2D eigenvalue weighted by Crippen LogP contribution is -2.58. The van der Waals surface area contributed by atoms with Gasteiger partial charge in [0.15, 0.2) is 0 Å². The number of carbonyl (C=O) groups is 1. The van der Waals surface area contributed by atoms with Gasteiger partial charge < -0.3 is 4.90 Å². The molecule has 1 saturated heterocycles. The highest BCUT2D eigenvalue weighted by molar-refractivity contribution is 5.95. The number of hydrogen-bond acceptors (Lipinski definition) is 4. The monoisotopic (exact) mass is 291 g/mol. The van der Waals surface area contributed by atoms with Gasteiger partial charge in [-0.1, -0.05) is 6.92 Å². The Morgan fingerprint density at radius 3 is 2.19 bits per heavy atom. The Bertz CT molecular complexity index is 517. The van der Waals surface area contributed by atoms with E-state index in [-0.39, 0.29) is 23.7 Å². The van der Waals surface area contributed by atoms with Crippen molar-refractivity contribution in [2.75, 3.05) is 19.6 Å². The zero-order valence-corrected chi connectivity index (χ0v) is 12.7. The van der Waals surface area contributed by atoms with Crippen molar-refractivity contribution in [2.45, 2.75) is 32.9 Å². The molecule has 1 aromatic carbocycles. The lowest BCUT2D eigenvalue weighted by Gasteiger charge is -2.44. The fourth-order valence-corrected chi connectivity index (χ4v) is 2.97. The summed E-state index contributed by atoms with van der Waals surface area (Å²) in [6.07, 6.45) is 0. The third-order valence-electron chi connectivity index (χ3n) is 4.00. The van der Waals surface area contributed by atoms with Crippen molar-refractivity contribution >= 4 is 11.6 Å². The van der Waals surface area contributed by atoms with Crippen LogP contribution in [0.5, 0.6) is 0 Å². The van der Waals surface area contributed by atoms with E-state index in [0.717, 1.165) is 19.6 Å². The summed E-state index contributed by atoms with van der Waals surface area (Å²) in [6, 6.07) is 6.10. The second kappa shape index (κ2) is 6.22. The molecule has 0 N–H and O–H groups in total. The van der Waals surface area contributed by atoms with E-state index in [0.29, 0.717) is 5.56 Å². The van der Waals surface area contributed by atoms with Crippen molar-refractivity contribution in [3.8, 4) is 0 Å². The SMILES string of the molecule is CCN1CC(C)N(C(=O)c2ccc([N+](=O)[O-])cc2)C(C)C1. The van der Waals surface area contributed by atoms with E-state index in [2.05, 4.69) is 11.8 Å². The molecule has 0 radical (unpaired) electrons. The van der Waals surface area contributed by atoms with Gasteiger partial charge >= 0.3 is 0 Å². The fourth-order valence-electron chi connectivity index (χ4n) is 2.97. The molecule has 1 aromatic rings. The van der Waals surface area contributed by atoms with Crippen molar-refractivity contribution in [2.24, 2.45) is 0 Å². The first-order chi connectivity index (χ1) is 9.93. The van der Waals surface area contributed by atoms with Crippen LogP contribution < -0.4 is 0 Å². The molecule has 6 nitrogen and oxygen atoms in total. The van der Waals surface area contributed by atoms with Crippen molar-refractivity contribution in [1.29, 1.82) is 0 Å². The zero-order chi connectivity index (χ0) is 15.6. The van der Waals surface area contributed by atoms with Gasteiger partial charge in [0.05, 0.1) is 4.92 Å². The average Bonchev–Trinajstić information content (AvgIpc) is 2.46. The molecular weight excluding hydrogens is 270 g/mol. The van der Waals surface area contributed by atoms with Crippen LogP contribution in [-0.2, 0) is 0 Å². The third kappa shape index (κ3) is 3.21. The maximum Gasteiger partial charge on any atom is 0.269 e. The maximum atomic E-state index is 12.6. The van der Waals surface area contributed by atoms with Crippen LogP contribution in [0.15, 0.2) is 24.3 Å². The highest BCUT2D eigenvalue weighted by Gasteiger charge is 2.32. The molecule has 1 aliphatic rings. The largest absolute Gasteiger partial charge is 0.331 e. The van der Waals surface area contributed by atoms with Gasteiger partial charge in [-0.15, -0.1) is 0 Å². The first-order valence-corrected chi connectivity index (χ1v) is 7.23. The highest BCUT2D eigenvalue weighted by Crippen LogP contribution is 2.20. The molecule has 114 valence electrons. The number of nitro benzene ring substituents is 1. The number of carbonyl (C=O) groups excluding carboxylic acids is 1. The van der Waals surface area contributed by atoms with Gasteiger partial charge in [-0.3, -0.25) is 19.8 Å². The summed E-state index contributed by atoms with van der Waals surface area (Å²) in [6.45, 7) is 8.91. The van der Waals surface area contributed by atoms with Crippen LogP contribution in [0, 0.1) is 10.1 Å². The van der Waals surface area contributed by atoms with E-state index >= 15 is 0 Å². The third-order valence-corrected chi connectivity index (χ3v) is 4.00. The van der Waals surface area contributed by atoms with Crippen molar-refractivity contribution in [1.82, 2.24) is 9.80 Å².